The van der Waals surface area contributed by atoms with E-state index in [1.807, 2.05) is 36.4 Å². The van der Waals surface area contributed by atoms with Crippen molar-refractivity contribution in [2.75, 3.05) is 0 Å². The van der Waals surface area contributed by atoms with E-state index in [4.69, 9.17) is 19.1 Å². The Kier molecular flexibility index (Phi) is 6.43. The number of benzene rings is 7. The molecular weight excluding hydrogens is 649 g/mol. The lowest BCUT2D eigenvalue weighted by Crippen LogP contribution is -2.32. The van der Waals surface area contributed by atoms with Gasteiger partial charge in [-0.2, -0.15) is 0 Å². The van der Waals surface area contributed by atoms with E-state index in [0.717, 1.165) is 72.8 Å². The molecule has 1 atom stereocenters. The van der Waals surface area contributed by atoms with Crippen molar-refractivity contribution in [1.82, 2.24) is 9.97 Å². The van der Waals surface area contributed by atoms with Crippen LogP contribution < -0.4 is 4.74 Å². The number of ether oxygens (including phenoxy) is 1. The van der Waals surface area contributed by atoms with Gasteiger partial charge >= 0.3 is 0 Å². The Hall–Kier alpha value is -7.04. The van der Waals surface area contributed by atoms with Crippen molar-refractivity contribution in [1.29, 1.82) is 0 Å². The highest BCUT2D eigenvalue weighted by Crippen LogP contribution is 2.63. The van der Waals surface area contributed by atoms with E-state index >= 15 is 0 Å². The predicted molar refractivity (Wildman–Crippen MR) is 211 cm³/mol. The van der Waals surface area contributed by atoms with Gasteiger partial charge in [-0.3, -0.25) is 0 Å². The molecule has 2 aliphatic rings. The summed E-state index contributed by atoms with van der Waals surface area (Å²) in [5.41, 5.74) is 14.4. The molecule has 0 saturated heterocycles. The molecule has 11 rings (SSSR count). The first kappa shape index (κ1) is 29.7. The van der Waals surface area contributed by atoms with Crippen LogP contribution in [0.15, 0.2) is 187 Å². The van der Waals surface area contributed by atoms with Gasteiger partial charge in [0.25, 0.3) is 0 Å². The summed E-state index contributed by atoms with van der Waals surface area (Å²) in [5.74, 6) is 2.40. The number of nitrogens with zero attached hydrogens (tertiary/aromatic N) is 2. The lowest BCUT2D eigenvalue weighted by atomic mass is 9.65. The SMILES string of the molecule is c1ccc(-c2cc(-c3ccccc3)nc(-c3cccc(-c4ccc5c(c4)C4(c6ccccc6O5)c5ccccc5-c5c4ccc4occc54)c3)n2)cc1. The third-order valence-electron chi connectivity index (χ3n) is 10.9. The van der Waals surface area contributed by atoms with Crippen molar-refractivity contribution in [2.24, 2.45) is 0 Å². The third kappa shape index (κ3) is 4.42. The number of para-hydroxylation sites is 1. The summed E-state index contributed by atoms with van der Waals surface area (Å²) in [6.45, 7) is 0. The van der Waals surface area contributed by atoms with Crippen molar-refractivity contribution in [2.45, 2.75) is 5.41 Å². The van der Waals surface area contributed by atoms with Gasteiger partial charge in [0, 0.05) is 33.2 Å². The zero-order chi connectivity index (χ0) is 34.9. The number of aromatic nitrogens is 2. The van der Waals surface area contributed by atoms with Crippen LogP contribution in [0.5, 0.6) is 11.5 Å². The largest absolute Gasteiger partial charge is 0.464 e. The highest BCUT2D eigenvalue weighted by Gasteiger charge is 2.51. The molecule has 4 heteroatoms. The molecule has 1 spiro atoms. The second kappa shape index (κ2) is 11.5. The topological polar surface area (TPSA) is 48.2 Å². The van der Waals surface area contributed by atoms with Gasteiger partial charge in [-0.1, -0.05) is 133 Å². The molecule has 4 nitrogen and oxygen atoms in total. The Bertz CT molecular complexity index is 2820. The Morgan fingerprint density at radius 3 is 1.85 bits per heavy atom. The van der Waals surface area contributed by atoms with Crippen molar-refractivity contribution in [3.05, 3.63) is 204 Å². The summed E-state index contributed by atoms with van der Waals surface area (Å²) in [4.78, 5) is 10.2. The van der Waals surface area contributed by atoms with Gasteiger partial charge in [0.2, 0.25) is 0 Å². The standard InChI is InChI=1S/C49H30N2O2/c1-3-12-31(13-4-1)42-30-43(32-14-5-2-6-15-32)51-48(50-42)35-17-11-16-33(28-35)34-22-24-46-41(29-34)49(39-20-9-10-21-45(39)53-46)38-19-8-7-18-36(38)47-37-26-27-52-44(37)25-23-40(47)49/h1-30H. The molecule has 53 heavy (non-hydrogen) atoms. The second-order valence-corrected chi connectivity index (χ2v) is 13.7. The Labute approximate surface area is 306 Å². The van der Waals surface area contributed by atoms with Crippen LogP contribution >= 0.6 is 0 Å². The first-order chi connectivity index (χ1) is 26.3. The van der Waals surface area contributed by atoms with Gasteiger partial charge < -0.3 is 9.15 Å². The van der Waals surface area contributed by atoms with Crippen molar-refractivity contribution in [3.63, 3.8) is 0 Å². The molecule has 0 amide bonds. The molecule has 9 aromatic rings. The van der Waals surface area contributed by atoms with Gasteiger partial charge in [-0.05, 0) is 75.8 Å². The molecule has 0 fully saturated rings. The van der Waals surface area contributed by atoms with Crippen LogP contribution in [0, 0.1) is 0 Å². The van der Waals surface area contributed by atoms with E-state index in [1.54, 1.807) is 6.26 Å². The third-order valence-corrected chi connectivity index (χ3v) is 10.9. The predicted octanol–water partition coefficient (Wildman–Crippen LogP) is 12.4. The molecule has 0 N–H and O–H groups in total. The number of fused-ring (bicyclic) bond motifs is 11. The van der Waals surface area contributed by atoms with Crippen LogP contribution in [0.1, 0.15) is 22.3 Å². The van der Waals surface area contributed by atoms with Gasteiger partial charge in [0.15, 0.2) is 5.82 Å². The lowest BCUT2D eigenvalue weighted by Gasteiger charge is -2.39. The second-order valence-electron chi connectivity index (χ2n) is 13.7. The molecule has 248 valence electrons. The zero-order valence-electron chi connectivity index (χ0n) is 28.5. The number of hydrogen-bond acceptors (Lipinski definition) is 4. The number of hydrogen-bond donors (Lipinski definition) is 0. The molecule has 2 aromatic heterocycles. The normalized spacial score (nSPS) is 15.0. The summed E-state index contributed by atoms with van der Waals surface area (Å²) < 4.78 is 12.7. The summed E-state index contributed by atoms with van der Waals surface area (Å²) in [6.07, 6.45) is 1.79. The maximum atomic E-state index is 6.72. The smallest absolute Gasteiger partial charge is 0.160 e. The minimum atomic E-state index is -0.590. The molecule has 0 radical (unpaired) electrons. The van der Waals surface area contributed by atoms with Crippen LogP contribution in [0.4, 0.5) is 0 Å². The van der Waals surface area contributed by atoms with E-state index in [-0.39, 0.29) is 0 Å². The van der Waals surface area contributed by atoms with Crippen LogP contribution in [-0.2, 0) is 5.41 Å². The Balaban J connectivity index is 1.11. The molecule has 0 saturated carbocycles. The van der Waals surface area contributed by atoms with Crippen molar-refractivity contribution in [3.8, 4) is 67.7 Å². The minimum absolute atomic E-state index is 0.590. The van der Waals surface area contributed by atoms with Crippen LogP contribution in [0.25, 0.3) is 67.1 Å². The molecule has 7 aromatic carbocycles. The van der Waals surface area contributed by atoms with Crippen LogP contribution in [-0.4, -0.2) is 9.97 Å². The summed E-state index contributed by atoms with van der Waals surface area (Å²) >= 11 is 0. The fourth-order valence-corrected chi connectivity index (χ4v) is 8.55. The molecule has 0 bridgehead atoms. The summed E-state index contributed by atoms with van der Waals surface area (Å²) in [5, 5.41) is 1.12. The monoisotopic (exact) mass is 678 g/mol. The first-order valence-corrected chi connectivity index (χ1v) is 17.9. The van der Waals surface area contributed by atoms with E-state index in [1.165, 1.54) is 22.3 Å². The fourth-order valence-electron chi connectivity index (χ4n) is 8.55. The fraction of sp³-hybridized carbons (Fsp3) is 0.0204. The molecule has 1 aliphatic heterocycles. The maximum absolute atomic E-state index is 6.72. The van der Waals surface area contributed by atoms with Gasteiger partial charge in [-0.15, -0.1) is 0 Å². The zero-order valence-corrected chi connectivity index (χ0v) is 28.5. The van der Waals surface area contributed by atoms with E-state index < -0.39 is 5.41 Å². The van der Waals surface area contributed by atoms with Crippen LogP contribution in [0.3, 0.4) is 0 Å². The first-order valence-electron chi connectivity index (χ1n) is 17.9. The highest BCUT2D eigenvalue weighted by molar-refractivity contribution is 6.03. The molecule has 1 unspecified atom stereocenters. The average molecular weight is 679 g/mol. The average Bonchev–Trinajstić information content (AvgIpc) is 3.83. The maximum Gasteiger partial charge on any atom is 0.160 e. The van der Waals surface area contributed by atoms with Crippen molar-refractivity contribution >= 4 is 11.0 Å². The Morgan fingerprint density at radius 1 is 0.415 bits per heavy atom. The Morgan fingerprint density at radius 2 is 1.06 bits per heavy atom. The van der Waals surface area contributed by atoms with E-state index in [9.17, 15) is 0 Å². The number of furan rings is 1. The highest BCUT2D eigenvalue weighted by atomic mass is 16.5. The minimum Gasteiger partial charge on any atom is -0.464 e. The summed E-state index contributed by atoms with van der Waals surface area (Å²) in [6, 6.07) is 61.6. The lowest BCUT2D eigenvalue weighted by molar-refractivity contribution is 0.436. The summed E-state index contributed by atoms with van der Waals surface area (Å²) in [7, 11) is 0. The molecule has 3 heterocycles. The van der Waals surface area contributed by atoms with Gasteiger partial charge in [0.05, 0.1) is 23.1 Å². The van der Waals surface area contributed by atoms with Gasteiger partial charge in [-0.25, -0.2) is 9.97 Å². The van der Waals surface area contributed by atoms with Crippen molar-refractivity contribution < 1.29 is 9.15 Å². The van der Waals surface area contributed by atoms with Gasteiger partial charge in [0.1, 0.15) is 17.1 Å². The molecule has 1 aliphatic carbocycles. The van der Waals surface area contributed by atoms with Crippen LogP contribution in [0.2, 0.25) is 0 Å². The number of rotatable bonds is 4. The van der Waals surface area contributed by atoms with E-state index in [0.29, 0.717) is 5.82 Å². The van der Waals surface area contributed by atoms with E-state index in [2.05, 4.69) is 140 Å². The quantitative estimate of drug-likeness (QED) is 0.186. The molecular formula is C49H30N2O2.